The molecule has 0 unspecified atom stereocenters. The minimum absolute atomic E-state index is 0.375. The molecule has 0 aliphatic rings. The number of nitrogens with zero attached hydrogens (tertiary/aromatic N) is 1. The maximum absolute atomic E-state index is 9.97. The van der Waals surface area contributed by atoms with Gasteiger partial charge >= 0.3 is 0 Å². The second-order valence-electron chi connectivity index (χ2n) is 3.34. The first-order valence-corrected chi connectivity index (χ1v) is 5.04. The van der Waals surface area contributed by atoms with Crippen molar-refractivity contribution in [3.63, 3.8) is 0 Å². The normalized spacial score (nSPS) is 10.0. The SMILES string of the molecule is O=COCCc1cnc(-c2ccccc2)[nH]1. The second kappa shape index (κ2) is 5.11. The van der Waals surface area contributed by atoms with Crippen molar-refractivity contribution in [3.8, 4) is 11.4 Å². The maximum atomic E-state index is 9.97. The minimum Gasteiger partial charge on any atom is -0.467 e. The fourth-order valence-electron chi connectivity index (χ4n) is 1.45. The van der Waals surface area contributed by atoms with Gasteiger partial charge in [-0.2, -0.15) is 0 Å². The molecule has 0 spiro atoms. The largest absolute Gasteiger partial charge is 0.467 e. The van der Waals surface area contributed by atoms with E-state index in [2.05, 4.69) is 14.7 Å². The van der Waals surface area contributed by atoms with Crippen molar-refractivity contribution < 1.29 is 9.53 Å². The lowest BCUT2D eigenvalue weighted by Gasteiger charge is -1.96. The summed E-state index contributed by atoms with van der Waals surface area (Å²) in [6.07, 6.45) is 2.41. The van der Waals surface area contributed by atoms with Crippen molar-refractivity contribution in [2.45, 2.75) is 6.42 Å². The maximum Gasteiger partial charge on any atom is 0.293 e. The molecule has 0 fully saturated rings. The van der Waals surface area contributed by atoms with Gasteiger partial charge in [0.2, 0.25) is 0 Å². The van der Waals surface area contributed by atoms with Crippen molar-refractivity contribution >= 4 is 6.47 Å². The Morgan fingerprint density at radius 3 is 2.88 bits per heavy atom. The molecule has 0 bridgehead atoms. The Kier molecular flexibility index (Phi) is 3.33. The molecule has 0 radical (unpaired) electrons. The van der Waals surface area contributed by atoms with Gasteiger partial charge in [0.15, 0.2) is 0 Å². The number of hydrogen-bond donors (Lipinski definition) is 1. The summed E-state index contributed by atoms with van der Waals surface area (Å²) in [5.74, 6) is 0.835. The smallest absolute Gasteiger partial charge is 0.293 e. The summed E-state index contributed by atoms with van der Waals surface area (Å²) in [5, 5.41) is 0. The molecule has 0 aliphatic carbocycles. The van der Waals surface area contributed by atoms with Crippen molar-refractivity contribution in [1.29, 1.82) is 0 Å². The Bertz CT molecular complexity index is 451. The average Bonchev–Trinajstić information content (AvgIpc) is 2.79. The lowest BCUT2D eigenvalue weighted by molar-refractivity contribution is -0.128. The van der Waals surface area contributed by atoms with E-state index >= 15 is 0 Å². The van der Waals surface area contributed by atoms with Gasteiger partial charge in [0, 0.05) is 23.9 Å². The molecule has 1 heterocycles. The van der Waals surface area contributed by atoms with E-state index in [0.717, 1.165) is 17.1 Å². The molecular weight excluding hydrogens is 204 g/mol. The highest BCUT2D eigenvalue weighted by Gasteiger charge is 2.02. The molecule has 4 heteroatoms. The molecule has 0 aliphatic heterocycles. The van der Waals surface area contributed by atoms with Gasteiger partial charge in [-0.15, -0.1) is 0 Å². The van der Waals surface area contributed by atoms with Gasteiger partial charge in [-0.25, -0.2) is 4.98 Å². The van der Waals surface area contributed by atoms with Gasteiger partial charge in [-0.3, -0.25) is 4.79 Å². The summed E-state index contributed by atoms with van der Waals surface area (Å²) < 4.78 is 4.62. The van der Waals surface area contributed by atoms with E-state index in [0.29, 0.717) is 19.5 Å². The second-order valence-corrected chi connectivity index (χ2v) is 3.34. The van der Waals surface area contributed by atoms with Gasteiger partial charge in [-0.05, 0) is 0 Å². The zero-order valence-electron chi connectivity index (χ0n) is 8.72. The number of H-pyrrole nitrogens is 1. The Morgan fingerprint density at radius 1 is 1.31 bits per heavy atom. The van der Waals surface area contributed by atoms with Crippen LogP contribution in [-0.2, 0) is 16.0 Å². The Hall–Kier alpha value is -2.10. The zero-order chi connectivity index (χ0) is 11.2. The summed E-state index contributed by atoms with van der Waals surface area (Å²) in [6.45, 7) is 0.828. The molecule has 0 saturated carbocycles. The third-order valence-electron chi connectivity index (χ3n) is 2.23. The molecule has 4 nitrogen and oxygen atoms in total. The third kappa shape index (κ3) is 2.48. The molecule has 1 N–H and O–H groups in total. The van der Waals surface area contributed by atoms with Crippen LogP contribution in [0.4, 0.5) is 0 Å². The number of carbonyl (C=O) groups is 1. The molecule has 0 saturated heterocycles. The van der Waals surface area contributed by atoms with Crippen LogP contribution in [0, 0.1) is 0 Å². The van der Waals surface area contributed by atoms with E-state index in [1.165, 1.54) is 0 Å². The van der Waals surface area contributed by atoms with Crippen LogP contribution in [0.1, 0.15) is 5.69 Å². The van der Waals surface area contributed by atoms with E-state index in [1.807, 2.05) is 30.3 Å². The first kappa shape index (κ1) is 10.4. The summed E-state index contributed by atoms with van der Waals surface area (Å²) >= 11 is 0. The van der Waals surface area contributed by atoms with Crippen LogP contribution >= 0.6 is 0 Å². The van der Waals surface area contributed by atoms with Crippen LogP contribution in [-0.4, -0.2) is 23.0 Å². The standard InChI is InChI=1S/C12H12N2O2/c15-9-16-7-6-11-8-13-12(14-11)10-4-2-1-3-5-10/h1-5,8-9H,6-7H2,(H,13,14). The fourth-order valence-corrected chi connectivity index (χ4v) is 1.45. The predicted octanol–water partition coefficient (Wildman–Crippen LogP) is 1.79. The first-order valence-electron chi connectivity index (χ1n) is 5.04. The van der Waals surface area contributed by atoms with Crippen LogP contribution in [0.3, 0.4) is 0 Å². The lowest BCUT2D eigenvalue weighted by Crippen LogP contribution is -1.96. The van der Waals surface area contributed by atoms with Crippen molar-refractivity contribution in [3.05, 3.63) is 42.2 Å². The summed E-state index contributed by atoms with van der Waals surface area (Å²) in [4.78, 5) is 17.4. The number of hydrogen-bond acceptors (Lipinski definition) is 3. The third-order valence-corrected chi connectivity index (χ3v) is 2.23. The number of benzene rings is 1. The Labute approximate surface area is 93.3 Å². The van der Waals surface area contributed by atoms with E-state index in [1.54, 1.807) is 6.20 Å². The number of rotatable bonds is 5. The number of aromatic nitrogens is 2. The van der Waals surface area contributed by atoms with Crippen LogP contribution in [0.15, 0.2) is 36.5 Å². The monoisotopic (exact) mass is 216 g/mol. The van der Waals surface area contributed by atoms with Crippen LogP contribution in [0.25, 0.3) is 11.4 Å². The predicted molar refractivity (Wildman–Crippen MR) is 59.7 cm³/mol. The molecular formula is C12H12N2O2. The number of carbonyl (C=O) groups excluding carboxylic acids is 1. The van der Waals surface area contributed by atoms with Gasteiger partial charge in [0.25, 0.3) is 6.47 Å². The highest BCUT2D eigenvalue weighted by atomic mass is 16.5. The van der Waals surface area contributed by atoms with E-state index in [9.17, 15) is 4.79 Å². The van der Waals surface area contributed by atoms with Crippen LogP contribution in [0.5, 0.6) is 0 Å². The van der Waals surface area contributed by atoms with E-state index in [-0.39, 0.29) is 0 Å². The molecule has 0 amide bonds. The van der Waals surface area contributed by atoms with Crippen molar-refractivity contribution in [1.82, 2.24) is 9.97 Å². The average molecular weight is 216 g/mol. The molecule has 82 valence electrons. The molecule has 1 aromatic carbocycles. The summed E-state index contributed by atoms with van der Waals surface area (Å²) in [5.41, 5.74) is 2.01. The molecule has 2 rings (SSSR count). The number of aromatic amines is 1. The van der Waals surface area contributed by atoms with Gasteiger partial charge in [-0.1, -0.05) is 30.3 Å². The van der Waals surface area contributed by atoms with Gasteiger partial charge in [0.1, 0.15) is 5.82 Å². The molecule has 16 heavy (non-hydrogen) atoms. The van der Waals surface area contributed by atoms with E-state index < -0.39 is 0 Å². The molecule has 2 aromatic rings. The van der Waals surface area contributed by atoms with Crippen molar-refractivity contribution in [2.75, 3.05) is 6.61 Å². The highest BCUT2D eigenvalue weighted by molar-refractivity contribution is 5.54. The quantitative estimate of drug-likeness (QED) is 0.612. The minimum atomic E-state index is 0.375. The first-order chi connectivity index (χ1) is 7.90. The zero-order valence-corrected chi connectivity index (χ0v) is 8.72. The Morgan fingerprint density at radius 2 is 2.12 bits per heavy atom. The van der Waals surface area contributed by atoms with E-state index in [4.69, 9.17) is 0 Å². The summed E-state index contributed by atoms with van der Waals surface area (Å²) in [6, 6.07) is 9.88. The number of nitrogens with one attached hydrogen (secondary N) is 1. The fraction of sp³-hybridized carbons (Fsp3) is 0.167. The lowest BCUT2D eigenvalue weighted by atomic mass is 10.2. The Balaban J connectivity index is 2.05. The number of ether oxygens (including phenoxy) is 1. The highest BCUT2D eigenvalue weighted by Crippen LogP contribution is 2.14. The van der Waals surface area contributed by atoms with Crippen LogP contribution in [0.2, 0.25) is 0 Å². The van der Waals surface area contributed by atoms with Gasteiger partial charge in [0.05, 0.1) is 6.61 Å². The molecule has 0 atom stereocenters. The summed E-state index contributed by atoms with van der Waals surface area (Å²) in [7, 11) is 0. The van der Waals surface area contributed by atoms with Crippen LogP contribution < -0.4 is 0 Å². The molecule has 1 aromatic heterocycles. The number of imidazole rings is 1. The van der Waals surface area contributed by atoms with Gasteiger partial charge < -0.3 is 9.72 Å². The topological polar surface area (TPSA) is 55.0 Å². The van der Waals surface area contributed by atoms with Crippen molar-refractivity contribution in [2.24, 2.45) is 0 Å².